The van der Waals surface area contributed by atoms with Gasteiger partial charge < -0.3 is 19.7 Å². The van der Waals surface area contributed by atoms with Crippen molar-refractivity contribution < 1.29 is 14.3 Å². The van der Waals surface area contributed by atoms with Crippen LogP contribution in [0.15, 0.2) is 6.20 Å². The van der Waals surface area contributed by atoms with Gasteiger partial charge in [-0.25, -0.2) is 4.79 Å². The summed E-state index contributed by atoms with van der Waals surface area (Å²) in [5.74, 6) is 0. The molecule has 1 saturated heterocycles. The number of urea groups is 1. The van der Waals surface area contributed by atoms with Crippen molar-refractivity contribution in [3.8, 4) is 0 Å². The number of likely N-dealkylation sites (tertiary alicyclic amines) is 1. The van der Waals surface area contributed by atoms with Crippen LogP contribution in [-0.2, 0) is 22.4 Å². The molecule has 1 aromatic heterocycles. The highest BCUT2D eigenvalue weighted by Gasteiger charge is 2.26. The third kappa shape index (κ3) is 3.41. The number of fused-ring (bicyclic) bond motifs is 1. The van der Waals surface area contributed by atoms with Crippen LogP contribution in [0.4, 0.5) is 4.79 Å². The zero-order valence-electron chi connectivity index (χ0n) is 13.1. The molecule has 0 unspecified atom stereocenters. The first-order valence-electron chi connectivity index (χ1n) is 7.97. The third-order valence-electron chi connectivity index (χ3n) is 4.22. The smallest absolute Gasteiger partial charge is 0.317 e. The number of nitrogens with one attached hydrogen (secondary N) is 1. The Kier molecular flexibility index (Phi) is 4.94. The second kappa shape index (κ2) is 7.11. The molecule has 3 rings (SSSR count). The molecule has 3 heterocycles. The van der Waals surface area contributed by atoms with Crippen LogP contribution in [0.1, 0.15) is 30.2 Å². The zero-order valence-corrected chi connectivity index (χ0v) is 13.1. The minimum absolute atomic E-state index is 0.00652. The van der Waals surface area contributed by atoms with E-state index < -0.39 is 0 Å². The summed E-state index contributed by atoms with van der Waals surface area (Å²) < 4.78 is 12.8. The van der Waals surface area contributed by atoms with Crippen LogP contribution in [0.25, 0.3) is 0 Å². The average molecular weight is 308 g/mol. The Hall–Kier alpha value is -1.60. The number of ether oxygens (including phenoxy) is 2. The predicted molar refractivity (Wildman–Crippen MR) is 80.7 cm³/mol. The van der Waals surface area contributed by atoms with Crippen LogP contribution in [0.3, 0.4) is 0 Å². The van der Waals surface area contributed by atoms with Gasteiger partial charge in [-0.1, -0.05) is 0 Å². The van der Waals surface area contributed by atoms with E-state index in [1.54, 1.807) is 7.11 Å². The summed E-state index contributed by atoms with van der Waals surface area (Å²) in [5, 5.41) is 7.57. The molecule has 0 radical (unpaired) electrons. The maximum absolute atomic E-state index is 12.1. The van der Waals surface area contributed by atoms with Gasteiger partial charge >= 0.3 is 6.03 Å². The number of carbonyl (C=O) groups is 1. The number of rotatable bonds is 5. The van der Waals surface area contributed by atoms with Gasteiger partial charge in [0.15, 0.2) is 0 Å². The average Bonchev–Trinajstić information content (AvgIpc) is 3.19. The lowest BCUT2D eigenvalue weighted by Gasteiger charge is -2.24. The van der Waals surface area contributed by atoms with E-state index in [0.717, 1.165) is 44.6 Å². The van der Waals surface area contributed by atoms with Crippen molar-refractivity contribution in [2.75, 3.05) is 40.0 Å². The lowest BCUT2D eigenvalue weighted by molar-refractivity contribution is 0.0402. The summed E-state index contributed by atoms with van der Waals surface area (Å²) in [5.41, 5.74) is 2.16. The van der Waals surface area contributed by atoms with Crippen molar-refractivity contribution in [2.45, 2.75) is 31.9 Å². The number of amides is 2. The van der Waals surface area contributed by atoms with Crippen molar-refractivity contribution in [1.82, 2.24) is 20.0 Å². The van der Waals surface area contributed by atoms with Crippen molar-refractivity contribution in [3.05, 3.63) is 17.5 Å². The first kappa shape index (κ1) is 15.3. The van der Waals surface area contributed by atoms with Crippen LogP contribution in [0.5, 0.6) is 0 Å². The maximum Gasteiger partial charge on any atom is 0.317 e. The van der Waals surface area contributed by atoms with Gasteiger partial charge in [-0.05, 0) is 24.8 Å². The Morgan fingerprint density at radius 3 is 3.09 bits per heavy atom. The fraction of sp³-hybridized carbons (Fsp3) is 0.733. The molecule has 0 aromatic carbocycles. The van der Waals surface area contributed by atoms with Crippen LogP contribution in [0.2, 0.25) is 0 Å². The molecule has 1 atom stereocenters. The Bertz CT molecular complexity index is 511. The number of aromatic nitrogens is 2. The summed E-state index contributed by atoms with van der Waals surface area (Å²) in [6, 6.07) is 0.00652. The van der Waals surface area contributed by atoms with E-state index >= 15 is 0 Å². The van der Waals surface area contributed by atoms with Gasteiger partial charge in [-0.15, -0.1) is 0 Å². The second-order valence-corrected chi connectivity index (χ2v) is 5.79. The molecule has 0 bridgehead atoms. The fourth-order valence-electron chi connectivity index (χ4n) is 3.00. The molecule has 0 spiro atoms. The summed E-state index contributed by atoms with van der Waals surface area (Å²) >= 11 is 0. The van der Waals surface area contributed by atoms with E-state index in [-0.39, 0.29) is 12.1 Å². The molecular weight excluding hydrogens is 284 g/mol. The van der Waals surface area contributed by atoms with Gasteiger partial charge in [0.2, 0.25) is 0 Å². The molecule has 122 valence electrons. The van der Waals surface area contributed by atoms with E-state index in [0.29, 0.717) is 19.8 Å². The lowest BCUT2D eigenvalue weighted by atomic mass is 10.1. The fourth-order valence-corrected chi connectivity index (χ4v) is 3.00. The van der Waals surface area contributed by atoms with Gasteiger partial charge in [0, 0.05) is 26.4 Å². The monoisotopic (exact) mass is 308 g/mol. The van der Waals surface area contributed by atoms with E-state index in [1.165, 1.54) is 5.56 Å². The van der Waals surface area contributed by atoms with Gasteiger partial charge in [-0.2, -0.15) is 5.10 Å². The molecule has 1 fully saturated rings. The van der Waals surface area contributed by atoms with Gasteiger partial charge in [0.25, 0.3) is 0 Å². The highest BCUT2D eigenvalue weighted by Crippen LogP contribution is 2.25. The molecule has 2 aliphatic rings. The molecule has 2 amide bonds. The van der Waals surface area contributed by atoms with Gasteiger partial charge in [0.1, 0.15) is 6.10 Å². The first-order valence-corrected chi connectivity index (χ1v) is 7.97. The Balaban J connectivity index is 1.58. The third-order valence-corrected chi connectivity index (χ3v) is 4.22. The summed E-state index contributed by atoms with van der Waals surface area (Å²) in [7, 11) is 1.68. The predicted octanol–water partition coefficient (Wildman–Crippen LogP) is 0.949. The number of nitrogens with zero attached hydrogens (tertiary/aromatic N) is 3. The van der Waals surface area contributed by atoms with Crippen molar-refractivity contribution in [1.29, 1.82) is 0 Å². The highest BCUT2D eigenvalue weighted by atomic mass is 16.5. The molecule has 0 saturated carbocycles. The minimum atomic E-state index is -0.154. The van der Waals surface area contributed by atoms with Gasteiger partial charge in [0.05, 0.1) is 32.0 Å². The Labute approximate surface area is 130 Å². The Morgan fingerprint density at radius 2 is 2.32 bits per heavy atom. The van der Waals surface area contributed by atoms with Crippen LogP contribution in [-0.4, -0.2) is 60.7 Å². The summed E-state index contributed by atoms with van der Waals surface area (Å²) in [4.78, 5) is 13.9. The number of carbonyl (C=O) groups excluding carboxylic acids is 1. The standard InChI is InChI=1S/C15H24N4O3/c1-21-9-7-19-11-12-4-8-22-13(14(12)17-19)10-16-15(20)18-5-2-3-6-18/h11,13H,2-10H2,1H3,(H,16,20)/t13-/m0/s1. The SMILES string of the molecule is COCCn1cc2c(n1)[C@H](CNC(=O)N1CCCC1)OCC2. The number of methoxy groups -OCH3 is 1. The quantitative estimate of drug-likeness (QED) is 0.879. The maximum atomic E-state index is 12.1. The van der Waals surface area contributed by atoms with Gasteiger partial charge in [-0.3, -0.25) is 4.68 Å². The van der Waals surface area contributed by atoms with Crippen molar-refractivity contribution in [3.63, 3.8) is 0 Å². The van der Waals surface area contributed by atoms with E-state index in [9.17, 15) is 4.79 Å². The highest BCUT2D eigenvalue weighted by molar-refractivity contribution is 5.74. The van der Waals surface area contributed by atoms with Crippen LogP contribution < -0.4 is 5.32 Å². The van der Waals surface area contributed by atoms with Crippen LogP contribution in [0, 0.1) is 0 Å². The molecule has 7 nitrogen and oxygen atoms in total. The van der Waals surface area contributed by atoms with E-state index in [1.807, 2.05) is 9.58 Å². The molecule has 7 heteroatoms. The second-order valence-electron chi connectivity index (χ2n) is 5.79. The van der Waals surface area contributed by atoms with Crippen molar-refractivity contribution in [2.24, 2.45) is 0 Å². The van der Waals surface area contributed by atoms with E-state index in [4.69, 9.17) is 9.47 Å². The largest absolute Gasteiger partial charge is 0.383 e. The normalized spacial score (nSPS) is 21.0. The minimum Gasteiger partial charge on any atom is -0.383 e. The number of hydrogen-bond acceptors (Lipinski definition) is 4. The molecule has 22 heavy (non-hydrogen) atoms. The molecular formula is C15H24N4O3. The van der Waals surface area contributed by atoms with E-state index in [2.05, 4.69) is 16.6 Å². The van der Waals surface area contributed by atoms with Crippen molar-refractivity contribution >= 4 is 6.03 Å². The summed E-state index contributed by atoms with van der Waals surface area (Å²) in [6.07, 6.45) is 4.98. The summed E-state index contributed by atoms with van der Waals surface area (Å²) in [6.45, 7) is 4.23. The Morgan fingerprint density at radius 1 is 1.50 bits per heavy atom. The number of hydrogen-bond donors (Lipinski definition) is 1. The lowest BCUT2D eigenvalue weighted by Crippen LogP contribution is -2.40. The van der Waals surface area contributed by atoms with Crippen LogP contribution >= 0.6 is 0 Å². The molecule has 1 aromatic rings. The molecule has 0 aliphatic carbocycles. The topological polar surface area (TPSA) is 68.6 Å². The molecule has 2 aliphatic heterocycles. The first-order chi connectivity index (χ1) is 10.8. The molecule has 1 N–H and O–H groups in total. The zero-order chi connectivity index (χ0) is 15.4.